The van der Waals surface area contributed by atoms with Crippen molar-refractivity contribution in [1.29, 1.82) is 0 Å². The SMILES string of the molecule is CC1(CO)CC2CC(C1)C1C2CCC2(CO)CC12. The van der Waals surface area contributed by atoms with E-state index in [1.54, 1.807) is 0 Å². The van der Waals surface area contributed by atoms with Crippen LogP contribution in [0.4, 0.5) is 0 Å². The summed E-state index contributed by atoms with van der Waals surface area (Å²) < 4.78 is 0. The number of aliphatic hydroxyl groups is 2. The first-order valence-corrected chi connectivity index (χ1v) is 7.83. The lowest BCUT2D eigenvalue weighted by Gasteiger charge is -2.37. The Morgan fingerprint density at radius 2 is 1.83 bits per heavy atom. The predicted octanol–water partition coefficient (Wildman–Crippen LogP) is 2.44. The molecule has 7 atom stereocenters. The lowest BCUT2D eigenvalue weighted by Crippen LogP contribution is -2.31. The van der Waals surface area contributed by atoms with Crippen LogP contribution in [0.25, 0.3) is 0 Å². The van der Waals surface area contributed by atoms with Crippen molar-refractivity contribution in [3.63, 3.8) is 0 Å². The van der Waals surface area contributed by atoms with Crippen molar-refractivity contribution in [1.82, 2.24) is 0 Å². The smallest absolute Gasteiger partial charge is 0.0490 e. The molecule has 0 aliphatic heterocycles. The highest BCUT2D eigenvalue weighted by Crippen LogP contribution is 2.72. The Labute approximate surface area is 110 Å². The fourth-order valence-corrected chi connectivity index (χ4v) is 6.30. The lowest BCUT2D eigenvalue weighted by molar-refractivity contribution is 0.0611. The van der Waals surface area contributed by atoms with Gasteiger partial charge in [-0.3, -0.25) is 0 Å². The topological polar surface area (TPSA) is 40.5 Å². The summed E-state index contributed by atoms with van der Waals surface area (Å²) in [5, 5.41) is 19.3. The summed E-state index contributed by atoms with van der Waals surface area (Å²) in [6.45, 7) is 3.08. The average Bonchev–Trinajstić information content (AvgIpc) is 3.06. The molecule has 4 rings (SSSR count). The third-order valence-electron chi connectivity index (χ3n) is 7.15. The molecule has 2 N–H and O–H groups in total. The first kappa shape index (κ1) is 11.7. The van der Waals surface area contributed by atoms with Gasteiger partial charge < -0.3 is 10.2 Å². The van der Waals surface area contributed by atoms with E-state index in [0.29, 0.717) is 18.6 Å². The normalized spacial score (nSPS) is 61.2. The largest absolute Gasteiger partial charge is 0.396 e. The molecule has 0 aromatic carbocycles. The van der Waals surface area contributed by atoms with E-state index in [9.17, 15) is 10.2 Å². The van der Waals surface area contributed by atoms with Crippen molar-refractivity contribution in [3.8, 4) is 0 Å². The van der Waals surface area contributed by atoms with Gasteiger partial charge in [0.2, 0.25) is 0 Å². The quantitative estimate of drug-likeness (QED) is 0.790. The number of hydrogen-bond acceptors (Lipinski definition) is 2. The minimum absolute atomic E-state index is 0.196. The van der Waals surface area contributed by atoms with Crippen molar-refractivity contribution >= 4 is 0 Å². The zero-order valence-corrected chi connectivity index (χ0v) is 11.4. The number of rotatable bonds is 2. The van der Waals surface area contributed by atoms with Crippen LogP contribution in [-0.4, -0.2) is 23.4 Å². The van der Waals surface area contributed by atoms with Gasteiger partial charge in [-0.2, -0.15) is 0 Å². The first-order valence-electron chi connectivity index (χ1n) is 7.83. The molecule has 0 spiro atoms. The molecule has 0 heterocycles. The van der Waals surface area contributed by atoms with E-state index in [4.69, 9.17) is 0 Å². The molecule has 0 radical (unpaired) electrons. The number of hydrogen-bond donors (Lipinski definition) is 2. The summed E-state index contributed by atoms with van der Waals surface area (Å²) in [7, 11) is 0. The molecule has 4 aliphatic rings. The molecule has 2 heteroatoms. The van der Waals surface area contributed by atoms with Gasteiger partial charge in [-0.05, 0) is 78.9 Å². The maximum Gasteiger partial charge on any atom is 0.0490 e. The Hall–Kier alpha value is -0.0800. The molecule has 0 aromatic rings. The van der Waals surface area contributed by atoms with E-state index in [0.717, 1.165) is 29.6 Å². The van der Waals surface area contributed by atoms with Crippen LogP contribution in [0.1, 0.15) is 45.4 Å². The molecule has 0 saturated heterocycles. The monoisotopic (exact) mass is 250 g/mol. The van der Waals surface area contributed by atoms with E-state index in [1.165, 1.54) is 38.5 Å². The Kier molecular flexibility index (Phi) is 2.29. The second-order valence-electron chi connectivity index (χ2n) is 8.24. The van der Waals surface area contributed by atoms with E-state index in [2.05, 4.69) is 6.92 Å². The fourth-order valence-electron chi connectivity index (χ4n) is 6.30. The van der Waals surface area contributed by atoms with Gasteiger partial charge >= 0.3 is 0 Å². The van der Waals surface area contributed by atoms with E-state index in [-0.39, 0.29) is 5.41 Å². The summed E-state index contributed by atoms with van der Waals surface area (Å²) in [6.07, 6.45) is 7.82. The van der Waals surface area contributed by atoms with Crippen LogP contribution in [-0.2, 0) is 0 Å². The van der Waals surface area contributed by atoms with Gasteiger partial charge in [0.15, 0.2) is 0 Å². The van der Waals surface area contributed by atoms with E-state index in [1.807, 2.05) is 0 Å². The summed E-state index contributed by atoms with van der Waals surface area (Å²) >= 11 is 0. The van der Waals surface area contributed by atoms with Gasteiger partial charge in [-0.25, -0.2) is 0 Å². The summed E-state index contributed by atoms with van der Waals surface area (Å²) in [5.74, 6) is 4.38. The summed E-state index contributed by atoms with van der Waals surface area (Å²) in [5.41, 5.74) is 0.538. The maximum atomic E-state index is 9.68. The van der Waals surface area contributed by atoms with Crippen LogP contribution in [0.15, 0.2) is 0 Å². The molecule has 102 valence electrons. The molecule has 0 amide bonds. The molecule has 0 aromatic heterocycles. The third kappa shape index (κ3) is 1.37. The Balaban J connectivity index is 1.61. The van der Waals surface area contributed by atoms with E-state index < -0.39 is 0 Å². The van der Waals surface area contributed by atoms with Crippen LogP contribution >= 0.6 is 0 Å². The van der Waals surface area contributed by atoms with Gasteiger partial charge in [0.25, 0.3) is 0 Å². The van der Waals surface area contributed by atoms with Crippen molar-refractivity contribution in [2.75, 3.05) is 13.2 Å². The number of aliphatic hydroxyl groups excluding tert-OH is 2. The molecular formula is C16H26O2. The van der Waals surface area contributed by atoms with Crippen LogP contribution < -0.4 is 0 Å². The molecule has 7 unspecified atom stereocenters. The molecule has 4 fully saturated rings. The van der Waals surface area contributed by atoms with Gasteiger partial charge in [-0.1, -0.05) is 6.92 Å². The third-order valence-corrected chi connectivity index (χ3v) is 7.15. The van der Waals surface area contributed by atoms with Crippen LogP contribution in [0.3, 0.4) is 0 Å². The average molecular weight is 250 g/mol. The standard InChI is InChI=1S/C16H26O2/c1-15(8-17)5-10-4-11(6-15)14-12(10)2-3-16(9-18)7-13(14)16/h10-14,17-18H,2-9H2,1H3. The second-order valence-corrected chi connectivity index (χ2v) is 8.24. The highest BCUT2D eigenvalue weighted by atomic mass is 16.3. The maximum absolute atomic E-state index is 9.68. The van der Waals surface area contributed by atoms with Crippen molar-refractivity contribution in [3.05, 3.63) is 0 Å². The Bertz CT molecular complexity index is 368. The van der Waals surface area contributed by atoms with Crippen LogP contribution in [0.2, 0.25) is 0 Å². The first-order chi connectivity index (χ1) is 8.61. The van der Waals surface area contributed by atoms with Crippen LogP contribution in [0.5, 0.6) is 0 Å². The fraction of sp³-hybridized carbons (Fsp3) is 1.00. The Morgan fingerprint density at radius 3 is 2.56 bits per heavy atom. The minimum atomic E-state index is 0.196. The van der Waals surface area contributed by atoms with Gasteiger partial charge in [0, 0.05) is 13.2 Å². The second kappa shape index (κ2) is 3.52. The summed E-state index contributed by atoms with van der Waals surface area (Å²) in [4.78, 5) is 0. The summed E-state index contributed by atoms with van der Waals surface area (Å²) in [6, 6.07) is 0. The van der Waals surface area contributed by atoms with Crippen molar-refractivity contribution in [2.45, 2.75) is 45.4 Å². The molecule has 2 bridgehead atoms. The van der Waals surface area contributed by atoms with Gasteiger partial charge in [0.05, 0.1) is 0 Å². The Morgan fingerprint density at radius 1 is 1.06 bits per heavy atom. The predicted molar refractivity (Wildman–Crippen MR) is 69.9 cm³/mol. The molecular weight excluding hydrogens is 224 g/mol. The highest BCUT2D eigenvalue weighted by molar-refractivity contribution is 5.15. The lowest BCUT2D eigenvalue weighted by atomic mass is 9.69. The minimum Gasteiger partial charge on any atom is -0.396 e. The van der Waals surface area contributed by atoms with Gasteiger partial charge in [-0.15, -0.1) is 0 Å². The number of fused-ring (bicyclic) bond motifs is 7. The molecule has 2 nitrogen and oxygen atoms in total. The molecule has 4 saturated carbocycles. The van der Waals surface area contributed by atoms with Crippen molar-refractivity contribution < 1.29 is 10.2 Å². The highest BCUT2D eigenvalue weighted by Gasteiger charge is 2.66. The van der Waals surface area contributed by atoms with E-state index >= 15 is 0 Å². The zero-order chi connectivity index (χ0) is 12.5. The molecule has 18 heavy (non-hydrogen) atoms. The van der Waals surface area contributed by atoms with Crippen molar-refractivity contribution in [2.24, 2.45) is 40.4 Å². The zero-order valence-electron chi connectivity index (χ0n) is 11.4. The van der Waals surface area contributed by atoms with Gasteiger partial charge in [0.1, 0.15) is 0 Å². The molecule has 4 aliphatic carbocycles. The van der Waals surface area contributed by atoms with Crippen LogP contribution in [0, 0.1) is 40.4 Å².